The van der Waals surface area contributed by atoms with E-state index in [0.717, 1.165) is 16.5 Å². The van der Waals surface area contributed by atoms with Crippen molar-refractivity contribution in [2.24, 2.45) is 0 Å². The molecular weight excluding hydrogens is 412 g/mol. The van der Waals surface area contributed by atoms with Gasteiger partial charge in [-0.3, -0.25) is 4.79 Å². The number of para-hydroxylation sites is 1. The summed E-state index contributed by atoms with van der Waals surface area (Å²) in [6.07, 6.45) is 0. The highest BCUT2D eigenvalue weighted by Crippen LogP contribution is 2.26. The van der Waals surface area contributed by atoms with Crippen LogP contribution in [0.1, 0.15) is 27.6 Å². The van der Waals surface area contributed by atoms with E-state index in [2.05, 4.69) is 5.32 Å². The van der Waals surface area contributed by atoms with Crippen LogP contribution in [0.5, 0.6) is 0 Å². The number of halogens is 1. The first kappa shape index (κ1) is 20.6. The lowest BCUT2D eigenvalue weighted by Gasteiger charge is -2.11. The van der Waals surface area contributed by atoms with Crippen molar-refractivity contribution in [3.63, 3.8) is 0 Å². The summed E-state index contributed by atoms with van der Waals surface area (Å²) in [6.45, 7) is 2.06. The minimum atomic E-state index is -0.395. The lowest BCUT2D eigenvalue weighted by molar-refractivity contribution is 0.0526. The molecular formula is C25H19ClN2O3. The summed E-state index contributed by atoms with van der Waals surface area (Å²) in [6, 6.07) is 23.2. The molecule has 31 heavy (non-hydrogen) atoms. The van der Waals surface area contributed by atoms with Crippen molar-refractivity contribution in [2.75, 3.05) is 11.9 Å². The van der Waals surface area contributed by atoms with Crippen LogP contribution in [-0.4, -0.2) is 23.5 Å². The molecule has 4 rings (SSSR count). The summed E-state index contributed by atoms with van der Waals surface area (Å²) in [4.78, 5) is 29.6. The van der Waals surface area contributed by atoms with Gasteiger partial charge in [0.25, 0.3) is 5.91 Å². The Morgan fingerprint density at radius 3 is 2.39 bits per heavy atom. The number of rotatable bonds is 5. The van der Waals surface area contributed by atoms with E-state index in [0.29, 0.717) is 34.1 Å². The maximum Gasteiger partial charge on any atom is 0.338 e. The third kappa shape index (κ3) is 4.57. The number of hydrogen-bond donors (Lipinski definition) is 1. The van der Waals surface area contributed by atoms with E-state index in [1.807, 2.05) is 36.4 Å². The van der Waals surface area contributed by atoms with E-state index in [-0.39, 0.29) is 5.91 Å². The number of benzene rings is 3. The van der Waals surface area contributed by atoms with Crippen LogP contribution in [0.4, 0.5) is 5.69 Å². The highest BCUT2D eigenvalue weighted by molar-refractivity contribution is 6.30. The van der Waals surface area contributed by atoms with Crippen LogP contribution in [0, 0.1) is 0 Å². The van der Waals surface area contributed by atoms with Gasteiger partial charge in [0.15, 0.2) is 0 Å². The smallest absolute Gasteiger partial charge is 0.338 e. The topological polar surface area (TPSA) is 68.3 Å². The van der Waals surface area contributed by atoms with Crippen molar-refractivity contribution in [2.45, 2.75) is 6.92 Å². The van der Waals surface area contributed by atoms with Crippen molar-refractivity contribution < 1.29 is 14.3 Å². The zero-order valence-corrected chi connectivity index (χ0v) is 17.5. The normalized spacial score (nSPS) is 10.6. The molecule has 4 aromatic rings. The highest BCUT2D eigenvalue weighted by Gasteiger charge is 2.15. The molecule has 0 unspecified atom stereocenters. The van der Waals surface area contributed by atoms with Gasteiger partial charge in [-0.2, -0.15) is 0 Å². The standard InChI is InChI=1S/C25H19ClN2O3/c1-2-31-25(30)17-9-13-19(14-10-17)27-24(29)21-15-23(16-7-11-18(26)12-8-16)28-22-6-4-3-5-20(21)22/h3-15H,2H2,1H3,(H,27,29). The van der Waals surface area contributed by atoms with Crippen molar-refractivity contribution in [1.82, 2.24) is 4.98 Å². The van der Waals surface area contributed by atoms with Gasteiger partial charge in [0.05, 0.1) is 28.9 Å². The Morgan fingerprint density at radius 1 is 0.968 bits per heavy atom. The first-order valence-corrected chi connectivity index (χ1v) is 10.2. The van der Waals surface area contributed by atoms with E-state index in [1.54, 1.807) is 49.4 Å². The quantitative estimate of drug-likeness (QED) is 0.395. The van der Waals surface area contributed by atoms with E-state index in [4.69, 9.17) is 21.3 Å². The third-order valence-corrected chi connectivity index (χ3v) is 5.01. The molecule has 0 spiro atoms. The Balaban J connectivity index is 1.67. The predicted octanol–water partition coefficient (Wildman–Crippen LogP) is 5.98. The van der Waals surface area contributed by atoms with Crippen LogP contribution < -0.4 is 5.32 Å². The van der Waals surface area contributed by atoms with Crippen LogP contribution in [0.2, 0.25) is 5.02 Å². The minimum absolute atomic E-state index is 0.266. The van der Waals surface area contributed by atoms with Crippen molar-refractivity contribution in [3.8, 4) is 11.3 Å². The minimum Gasteiger partial charge on any atom is -0.462 e. The largest absolute Gasteiger partial charge is 0.462 e. The predicted molar refractivity (Wildman–Crippen MR) is 123 cm³/mol. The summed E-state index contributed by atoms with van der Waals surface area (Å²) in [7, 11) is 0. The first-order chi connectivity index (χ1) is 15.0. The molecule has 0 radical (unpaired) electrons. The van der Waals surface area contributed by atoms with Crippen LogP contribution in [0.25, 0.3) is 22.2 Å². The number of carbonyl (C=O) groups excluding carboxylic acids is 2. The Bertz CT molecular complexity index is 1250. The van der Waals surface area contributed by atoms with Crippen LogP contribution in [0.3, 0.4) is 0 Å². The lowest BCUT2D eigenvalue weighted by atomic mass is 10.0. The summed E-state index contributed by atoms with van der Waals surface area (Å²) in [5.41, 5.74) is 3.77. The van der Waals surface area contributed by atoms with Gasteiger partial charge >= 0.3 is 5.97 Å². The van der Waals surface area contributed by atoms with Gasteiger partial charge in [-0.15, -0.1) is 0 Å². The molecule has 154 valence electrons. The number of nitrogens with zero attached hydrogens (tertiary/aromatic N) is 1. The molecule has 1 aromatic heterocycles. The molecule has 0 atom stereocenters. The molecule has 5 nitrogen and oxygen atoms in total. The number of aromatic nitrogens is 1. The van der Waals surface area contributed by atoms with Crippen molar-refractivity contribution in [3.05, 3.63) is 95.0 Å². The number of nitrogens with one attached hydrogen (secondary N) is 1. The number of esters is 1. The molecule has 0 aliphatic rings. The molecule has 6 heteroatoms. The van der Waals surface area contributed by atoms with Crippen LogP contribution in [0.15, 0.2) is 78.9 Å². The van der Waals surface area contributed by atoms with E-state index >= 15 is 0 Å². The van der Waals surface area contributed by atoms with Gasteiger partial charge in [0.2, 0.25) is 0 Å². The second-order valence-electron chi connectivity index (χ2n) is 6.83. The summed E-state index contributed by atoms with van der Waals surface area (Å²) in [5, 5.41) is 4.28. The maximum absolute atomic E-state index is 13.1. The van der Waals surface area contributed by atoms with E-state index < -0.39 is 5.97 Å². The average molecular weight is 431 g/mol. The average Bonchev–Trinajstić information content (AvgIpc) is 2.79. The second-order valence-corrected chi connectivity index (χ2v) is 7.27. The SMILES string of the molecule is CCOC(=O)c1ccc(NC(=O)c2cc(-c3ccc(Cl)cc3)nc3ccccc23)cc1. The third-order valence-electron chi connectivity index (χ3n) is 4.75. The number of ether oxygens (including phenoxy) is 1. The number of carbonyl (C=O) groups is 2. The van der Waals surface area contributed by atoms with Gasteiger partial charge in [-0.25, -0.2) is 9.78 Å². The van der Waals surface area contributed by atoms with Gasteiger partial charge in [0.1, 0.15) is 0 Å². The second kappa shape index (κ2) is 8.98. The Hall–Kier alpha value is -3.70. The van der Waals surface area contributed by atoms with Crippen LogP contribution in [-0.2, 0) is 4.74 Å². The molecule has 0 fully saturated rings. The van der Waals surface area contributed by atoms with Gasteiger partial charge in [-0.05, 0) is 55.5 Å². The van der Waals surface area contributed by atoms with Crippen molar-refractivity contribution >= 4 is 40.1 Å². The lowest BCUT2D eigenvalue weighted by Crippen LogP contribution is -2.13. The number of pyridine rings is 1. The Labute approximate surface area is 184 Å². The zero-order chi connectivity index (χ0) is 21.8. The fourth-order valence-corrected chi connectivity index (χ4v) is 3.36. The Morgan fingerprint density at radius 2 is 1.68 bits per heavy atom. The zero-order valence-electron chi connectivity index (χ0n) is 16.8. The fourth-order valence-electron chi connectivity index (χ4n) is 3.23. The van der Waals surface area contributed by atoms with Crippen LogP contribution >= 0.6 is 11.6 Å². The molecule has 1 heterocycles. The molecule has 3 aromatic carbocycles. The molecule has 1 N–H and O–H groups in total. The van der Waals surface area contributed by atoms with Gasteiger partial charge < -0.3 is 10.1 Å². The van der Waals surface area contributed by atoms with E-state index in [1.165, 1.54) is 0 Å². The molecule has 0 bridgehead atoms. The Kier molecular flexibility index (Phi) is 5.96. The maximum atomic E-state index is 13.1. The number of hydrogen-bond acceptors (Lipinski definition) is 4. The fraction of sp³-hybridized carbons (Fsp3) is 0.0800. The van der Waals surface area contributed by atoms with E-state index in [9.17, 15) is 9.59 Å². The summed E-state index contributed by atoms with van der Waals surface area (Å²) < 4.78 is 4.99. The van der Waals surface area contributed by atoms with Crippen molar-refractivity contribution in [1.29, 1.82) is 0 Å². The molecule has 0 aliphatic heterocycles. The number of fused-ring (bicyclic) bond motifs is 1. The van der Waals surface area contributed by atoms with Gasteiger partial charge in [-0.1, -0.05) is 41.9 Å². The monoisotopic (exact) mass is 430 g/mol. The molecule has 1 amide bonds. The molecule has 0 saturated carbocycles. The van der Waals surface area contributed by atoms with Gasteiger partial charge in [0, 0.05) is 21.7 Å². The summed E-state index contributed by atoms with van der Waals surface area (Å²) in [5.74, 6) is -0.661. The number of anilines is 1. The molecule has 0 aliphatic carbocycles. The number of amides is 1. The highest BCUT2D eigenvalue weighted by atomic mass is 35.5. The molecule has 0 saturated heterocycles. The summed E-state index contributed by atoms with van der Waals surface area (Å²) >= 11 is 6.00. The first-order valence-electron chi connectivity index (χ1n) is 9.79.